The number of alkyl halides is 1. The van der Waals surface area contributed by atoms with Gasteiger partial charge in [0.25, 0.3) is 0 Å². The second-order valence-electron chi connectivity index (χ2n) is 3.01. The van der Waals surface area contributed by atoms with Crippen molar-refractivity contribution in [1.29, 1.82) is 0 Å². The minimum absolute atomic E-state index is 0.00185. The number of benzene rings is 1. The van der Waals surface area contributed by atoms with Crippen LogP contribution in [0, 0.1) is 24.4 Å². The Bertz CT molecular complexity index is 327. The van der Waals surface area contributed by atoms with Crippen LogP contribution in [0.2, 0.25) is 0 Å². The van der Waals surface area contributed by atoms with Gasteiger partial charge in [-0.1, -0.05) is 6.92 Å². The molecule has 0 saturated carbocycles. The third kappa shape index (κ3) is 1.49. The minimum atomic E-state index is -1.21. The first-order valence-corrected chi connectivity index (χ1v) is 4.25. The van der Waals surface area contributed by atoms with E-state index in [9.17, 15) is 17.6 Å². The lowest BCUT2D eigenvalue weighted by atomic mass is 10.0. The van der Waals surface area contributed by atoms with E-state index in [0.717, 1.165) is 6.92 Å². The Labute approximate surface area is 79.6 Å². The van der Waals surface area contributed by atoms with Crippen LogP contribution in [-0.2, 0) is 13.1 Å². The fraction of sp³-hybridized carbons (Fsp3) is 0.400. The molecule has 0 amide bonds. The van der Waals surface area contributed by atoms with Crippen LogP contribution in [0.1, 0.15) is 23.6 Å². The molecule has 1 aromatic rings. The number of rotatable bonds is 2. The summed E-state index contributed by atoms with van der Waals surface area (Å²) in [4.78, 5) is 0. The van der Waals surface area contributed by atoms with Gasteiger partial charge in [0.15, 0.2) is 11.6 Å². The van der Waals surface area contributed by atoms with E-state index in [0.29, 0.717) is 0 Å². The van der Waals surface area contributed by atoms with Gasteiger partial charge in [-0.2, -0.15) is 0 Å². The van der Waals surface area contributed by atoms with E-state index in [1.807, 2.05) is 0 Å². The summed E-state index contributed by atoms with van der Waals surface area (Å²) in [5.41, 5.74) is -1.07. The molecule has 0 bridgehead atoms. The van der Waals surface area contributed by atoms with Crippen molar-refractivity contribution in [1.82, 2.24) is 0 Å². The van der Waals surface area contributed by atoms with E-state index in [1.165, 1.54) is 6.92 Å². The van der Waals surface area contributed by atoms with Crippen LogP contribution in [0.4, 0.5) is 17.6 Å². The Hall–Kier alpha value is -1.06. The summed E-state index contributed by atoms with van der Waals surface area (Å²) in [5.74, 6) is -3.33. The van der Waals surface area contributed by atoms with Gasteiger partial charge in [0.05, 0.1) is 0 Å². The van der Waals surface area contributed by atoms with Crippen molar-refractivity contribution in [2.24, 2.45) is 0 Å². The Balaban J connectivity index is 3.56. The largest absolute Gasteiger partial charge is 0.246 e. The number of hydrogen-bond donors (Lipinski definition) is 0. The molecule has 4 heteroatoms. The van der Waals surface area contributed by atoms with Crippen molar-refractivity contribution in [3.05, 3.63) is 34.1 Å². The van der Waals surface area contributed by atoms with Crippen molar-refractivity contribution in [3.8, 4) is 0 Å². The Morgan fingerprint density at radius 1 is 0.929 bits per heavy atom. The average Bonchev–Trinajstić information content (AvgIpc) is 2.16. The highest BCUT2D eigenvalue weighted by Crippen LogP contribution is 2.25. The molecule has 0 radical (unpaired) electrons. The first-order valence-electron chi connectivity index (χ1n) is 4.25. The van der Waals surface area contributed by atoms with Crippen LogP contribution >= 0.6 is 0 Å². The van der Waals surface area contributed by atoms with E-state index in [1.54, 1.807) is 0 Å². The van der Waals surface area contributed by atoms with Gasteiger partial charge in [-0.05, 0) is 18.9 Å². The third-order valence-corrected chi connectivity index (χ3v) is 2.26. The van der Waals surface area contributed by atoms with Gasteiger partial charge in [-0.3, -0.25) is 0 Å². The molecule has 1 aromatic carbocycles. The molecule has 0 fully saturated rings. The Kier molecular flexibility index (Phi) is 3.13. The molecule has 0 N–H and O–H groups in total. The molecule has 0 aliphatic heterocycles. The SMILES string of the molecule is CCc1c(F)c(F)c(C)c(CF)c1F. The molecule has 14 heavy (non-hydrogen) atoms. The summed E-state index contributed by atoms with van der Waals surface area (Å²) in [7, 11) is 0. The van der Waals surface area contributed by atoms with E-state index in [2.05, 4.69) is 0 Å². The van der Waals surface area contributed by atoms with Crippen molar-refractivity contribution < 1.29 is 17.6 Å². The normalized spacial score (nSPS) is 10.7. The lowest BCUT2D eigenvalue weighted by molar-refractivity contribution is 0.432. The van der Waals surface area contributed by atoms with Crippen molar-refractivity contribution in [3.63, 3.8) is 0 Å². The summed E-state index contributed by atoms with van der Waals surface area (Å²) in [6.45, 7) is 1.52. The molecule has 1 rings (SSSR count). The molecule has 0 heterocycles. The Morgan fingerprint density at radius 3 is 1.93 bits per heavy atom. The monoisotopic (exact) mass is 206 g/mol. The summed E-state index contributed by atoms with van der Waals surface area (Å²) < 4.78 is 51.9. The highest BCUT2D eigenvalue weighted by molar-refractivity contribution is 5.35. The quantitative estimate of drug-likeness (QED) is 0.513. The summed E-state index contributed by atoms with van der Waals surface area (Å²) >= 11 is 0. The predicted molar refractivity (Wildman–Crippen MR) is 45.2 cm³/mol. The van der Waals surface area contributed by atoms with Crippen molar-refractivity contribution in [2.75, 3.05) is 0 Å². The maximum absolute atomic E-state index is 13.3. The number of hydrogen-bond acceptors (Lipinski definition) is 0. The molecule has 0 aliphatic carbocycles. The maximum atomic E-state index is 13.3. The minimum Gasteiger partial charge on any atom is -0.246 e. The van der Waals surface area contributed by atoms with E-state index >= 15 is 0 Å². The lowest BCUT2D eigenvalue weighted by Crippen LogP contribution is -2.06. The Morgan fingerprint density at radius 2 is 1.50 bits per heavy atom. The molecule has 0 aromatic heterocycles. The molecular weight excluding hydrogens is 196 g/mol. The van der Waals surface area contributed by atoms with Crippen LogP contribution in [0.5, 0.6) is 0 Å². The molecule has 0 spiro atoms. The first kappa shape index (κ1) is 11.0. The standard InChI is InChI=1S/C10H10F4/c1-3-6-9(13)7(4-11)5(2)8(12)10(6)14/h3-4H2,1-2H3. The second-order valence-corrected chi connectivity index (χ2v) is 3.01. The smallest absolute Gasteiger partial charge is 0.165 e. The molecule has 0 unspecified atom stereocenters. The zero-order valence-electron chi connectivity index (χ0n) is 7.93. The van der Waals surface area contributed by atoms with E-state index < -0.39 is 24.1 Å². The summed E-state index contributed by atoms with van der Waals surface area (Å²) in [6.07, 6.45) is 0.00185. The average molecular weight is 206 g/mol. The van der Waals surface area contributed by atoms with Gasteiger partial charge >= 0.3 is 0 Å². The number of halogens is 4. The molecule has 0 atom stereocenters. The van der Waals surface area contributed by atoms with E-state index in [-0.39, 0.29) is 23.1 Å². The van der Waals surface area contributed by atoms with Gasteiger partial charge < -0.3 is 0 Å². The molecule has 0 aliphatic rings. The van der Waals surface area contributed by atoms with Crippen LogP contribution < -0.4 is 0 Å². The van der Waals surface area contributed by atoms with Gasteiger partial charge in [0, 0.05) is 11.1 Å². The molecule has 0 nitrogen and oxygen atoms in total. The van der Waals surface area contributed by atoms with Crippen molar-refractivity contribution in [2.45, 2.75) is 26.9 Å². The van der Waals surface area contributed by atoms with Crippen molar-refractivity contribution >= 4 is 0 Å². The topological polar surface area (TPSA) is 0 Å². The predicted octanol–water partition coefficient (Wildman–Crippen LogP) is 3.44. The zero-order chi connectivity index (χ0) is 10.9. The fourth-order valence-electron chi connectivity index (χ4n) is 1.34. The van der Waals surface area contributed by atoms with Gasteiger partial charge in [-0.15, -0.1) is 0 Å². The summed E-state index contributed by atoms with van der Waals surface area (Å²) in [6, 6.07) is 0. The summed E-state index contributed by atoms with van der Waals surface area (Å²) in [5, 5.41) is 0. The van der Waals surface area contributed by atoms with Gasteiger partial charge in [0.2, 0.25) is 0 Å². The van der Waals surface area contributed by atoms with Crippen LogP contribution in [0.3, 0.4) is 0 Å². The third-order valence-electron chi connectivity index (χ3n) is 2.26. The highest BCUT2D eigenvalue weighted by Gasteiger charge is 2.20. The van der Waals surface area contributed by atoms with Gasteiger partial charge in [0.1, 0.15) is 12.5 Å². The molecular formula is C10H10F4. The van der Waals surface area contributed by atoms with Crippen LogP contribution in [0.25, 0.3) is 0 Å². The zero-order valence-corrected chi connectivity index (χ0v) is 7.93. The first-order chi connectivity index (χ1) is 6.54. The molecule has 0 saturated heterocycles. The second kappa shape index (κ2) is 3.98. The molecule has 78 valence electrons. The maximum Gasteiger partial charge on any atom is 0.165 e. The van der Waals surface area contributed by atoms with Gasteiger partial charge in [-0.25, -0.2) is 17.6 Å². The highest BCUT2D eigenvalue weighted by atomic mass is 19.2. The lowest BCUT2D eigenvalue weighted by Gasteiger charge is -2.10. The van der Waals surface area contributed by atoms with E-state index in [4.69, 9.17) is 0 Å². The van der Waals surface area contributed by atoms with Crippen LogP contribution in [0.15, 0.2) is 0 Å². The van der Waals surface area contributed by atoms with Crippen LogP contribution in [-0.4, -0.2) is 0 Å². The fourth-order valence-corrected chi connectivity index (χ4v) is 1.34.